The van der Waals surface area contributed by atoms with E-state index >= 15 is 0 Å². The summed E-state index contributed by atoms with van der Waals surface area (Å²) >= 11 is 9.33. The predicted octanol–water partition coefficient (Wildman–Crippen LogP) is 3.17. The molecule has 0 fully saturated rings. The van der Waals surface area contributed by atoms with E-state index in [1.54, 1.807) is 0 Å². The van der Waals surface area contributed by atoms with Crippen molar-refractivity contribution in [2.45, 2.75) is 37.5 Å². The minimum Gasteiger partial charge on any atom is -0.262 e. The van der Waals surface area contributed by atoms with E-state index in [-0.39, 0.29) is 22.2 Å². The maximum atomic E-state index is 12.0. The average molecular weight is 370 g/mol. The fourth-order valence-electron chi connectivity index (χ4n) is 1.56. The molecule has 1 rings (SSSR count). The number of alkyl halides is 1. The van der Waals surface area contributed by atoms with Gasteiger partial charge in [-0.15, -0.1) is 11.6 Å². The molecule has 1 atom stereocenters. The quantitative estimate of drug-likeness (QED) is 0.811. The summed E-state index contributed by atoms with van der Waals surface area (Å²) in [6.45, 7) is 6.40. The molecule has 0 aliphatic rings. The number of hydrogen-bond acceptors (Lipinski definition) is 3. The number of nitrogens with one attached hydrogen (secondary N) is 1. The van der Waals surface area contributed by atoms with Crippen LogP contribution in [0, 0.1) is 5.41 Å². The van der Waals surface area contributed by atoms with E-state index in [1.807, 2.05) is 0 Å². The van der Waals surface area contributed by atoms with Gasteiger partial charge in [-0.2, -0.15) is 0 Å². The zero-order chi connectivity index (χ0) is 14.7. The van der Waals surface area contributed by atoms with E-state index in [4.69, 9.17) is 11.6 Å². The molecule has 7 heteroatoms. The van der Waals surface area contributed by atoms with Gasteiger partial charge in [0.05, 0.1) is 0 Å². The smallest absolute Gasteiger partial charge is 0.242 e. The molecule has 0 saturated heterocycles. The van der Waals surface area contributed by atoms with E-state index in [0.29, 0.717) is 4.47 Å². The van der Waals surface area contributed by atoms with Gasteiger partial charge in [-0.3, -0.25) is 4.98 Å². The van der Waals surface area contributed by atoms with E-state index in [0.717, 1.165) is 6.42 Å². The second kappa shape index (κ2) is 6.52. The maximum absolute atomic E-state index is 12.0. The molecule has 0 aromatic carbocycles. The molecule has 19 heavy (non-hydrogen) atoms. The van der Waals surface area contributed by atoms with Crippen molar-refractivity contribution in [1.29, 1.82) is 0 Å². The van der Waals surface area contributed by atoms with E-state index in [9.17, 15) is 8.42 Å². The summed E-state index contributed by atoms with van der Waals surface area (Å²) < 4.78 is 27.2. The number of pyridine rings is 1. The molecule has 0 aliphatic carbocycles. The van der Waals surface area contributed by atoms with E-state index < -0.39 is 10.0 Å². The molecule has 0 amide bonds. The summed E-state index contributed by atoms with van der Waals surface area (Å²) in [6, 6.07) is 1.50. The highest BCUT2D eigenvalue weighted by molar-refractivity contribution is 9.10. The van der Waals surface area contributed by atoms with Crippen molar-refractivity contribution >= 4 is 37.6 Å². The minimum atomic E-state index is -3.56. The third-order valence-corrected chi connectivity index (χ3v) is 4.45. The van der Waals surface area contributed by atoms with Gasteiger partial charge in [-0.05, 0) is 33.8 Å². The first-order chi connectivity index (χ1) is 8.60. The largest absolute Gasteiger partial charge is 0.262 e. The first kappa shape index (κ1) is 16.9. The van der Waals surface area contributed by atoms with Gasteiger partial charge in [0.15, 0.2) is 0 Å². The van der Waals surface area contributed by atoms with Gasteiger partial charge in [-0.1, -0.05) is 20.8 Å². The van der Waals surface area contributed by atoms with Gasteiger partial charge in [-0.25, -0.2) is 13.1 Å². The highest BCUT2D eigenvalue weighted by atomic mass is 79.9. The molecule has 1 N–H and O–H groups in total. The lowest BCUT2D eigenvalue weighted by atomic mass is 9.90. The minimum absolute atomic E-state index is 0.0647. The van der Waals surface area contributed by atoms with Crippen molar-refractivity contribution in [1.82, 2.24) is 9.71 Å². The SMILES string of the molecule is CC(C)(C)CC(Cl)CNS(=O)(=O)c1cncc(Br)c1. The summed E-state index contributed by atoms with van der Waals surface area (Å²) in [5.41, 5.74) is 0.0647. The van der Waals surface area contributed by atoms with Crippen molar-refractivity contribution in [3.05, 3.63) is 22.9 Å². The molecule has 0 radical (unpaired) electrons. The van der Waals surface area contributed by atoms with E-state index in [1.165, 1.54) is 18.5 Å². The number of nitrogens with zero attached hydrogens (tertiary/aromatic N) is 1. The molecule has 1 unspecified atom stereocenters. The first-order valence-corrected chi connectivity index (χ1v) is 8.56. The fraction of sp³-hybridized carbons (Fsp3) is 0.583. The Bertz CT molecular complexity index is 529. The summed E-state index contributed by atoms with van der Waals surface area (Å²) in [5.74, 6) is 0. The molecule has 1 aromatic rings. The number of aromatic nitrogens is 1. The first-order valence-electron chi connectivity index (χ1n) is 5.84. The molecule has 108 valence electrons. The monoisotopic (exact) mass is 368 g/mol. The topological polar surface area (TPSA) is 59.1 Å². The molecule has 1 aromatic heterocycles. The van der Waals surface area contributed by atoms with Gasteiger partial charge in [0.2, 0.25) is 10.0 Å². The van der Waals surface area contributed by atoms with Crippen LogP contribution in [0.25, 0.3) is 0 Å². The van der Waals surface area contributed by atoms with Crippen LogP contribution in [-0.4, -0.2) is 25.3 Å². The highest BCUT2D eigenvalue weighted by Gasteiger charge is 2.20. The van der Waals surface area contributed by atoms with Crippen molar-refractivity contribution in [2.24, 2.45) is 5.41 Å². The van der Waals surface area contributed by atoms with Crippen molar-refractivity contribution in [2.75, 3.05) is 6.54 Å². The van der Waals surface area contributed by atoms with Crippen LogP contribution in [0.15, 0.2) is 27.8 Å². The molecular formula is C12H18BrClN2O2S. The van der Waals surface area contributed by atoms with Crippen LogP contribution in [0.4, 0.5) is 0 Å². The zero-order valence-corrected chi connectivity index (χ0v) is 14.3. The normalized spacial score (nSPS) is 14.4. The molecule has 1 heterocycles. The lowest BCUT2D eigenvalue weighted by Gasteiger charge is -2.21. The van der Waals surface area contributed by atoms with Crippen LogP contribution in [0.5, 0.6) is 0 Å². The van der Waals surface area contributed by atoms with Gasteiger partial charge < -0.3 is 0 Å². The van der Waals surface area contributed by atoms with Crippen LogP contribution in [-0.2, 0) is 10.0 Å². The maximum Gasteiger partial charge on any atom is 0.242 e. The van der Waals surface area contributed by atoms with Crippen LogP contribution >= 0.6 is 27.5 Å². The Labute approximate surface area is 128 Å². The summed E-state index contributed by atoms with van der Waals surface area (Å²) in [7, 11) is -3.56. The Morgan fingerprint density at radius 3 is 2.58 bits per heavy atom. The molecule has 4 nitrogen and oxygen atoms in total. The highest BCUT2D eigenvalue weighted by Crippen LogP contribution is 2.23. The summed E-state index contributed by atoms with van der Waals surface area (Å²) in [6.07, 6.45) is 3.57. The lowest BCUT2D eigenvalue weighted by Crippen LogP contribution is -2.31. The summed E-state index contributed by atoms with van der Waals surface area (Å²) in [5, 5.41) is -0.241. The van der Waals surface area contributed by atoms with Gasteiger partial charge in [0.1, 0.15) is 4.90 Å². The second-order valence-electron chi connectivity index (χ2n) is 5.55. The predicted molar refractivity (Wildman–Crippen MR) is 80.8 cm³/mol. The average Bonchev–Trinajstić information content (AvgIpc) is 2.24. The number of hydrogen-bond donors (Lipinski definition) is 1. The molecule has 0 aliphatic heterocycles. The van der Waals surface area contributed by atoms with Crippen LogP contribution in [0.3, 0.4) is 0 Å². The Balaban J connectivity index is 2.66. The third kappa shape index (κ3) is 6.21. The molecule has 0 bridgehead atoms. The number of halogens is 2. The zero-order valence-electron chi connectivity index (χ0n) is 11.2. The fourth-order valence-corrected chi connectivity index (χ4v) is 3.78. The Morgan fingerprint density at radius 2 is 2.05 bits per heavy atom. The molecule has 0 spiro atoms. The Morgan fingerprint density at radius 1 is 1.42 bits per heavy atom. The number of sulfonamides is 1. The van der Waals surface area contributed by atoms with Gasteiger partial charge in [0, 0.05) is 28.8 Å². The standard InChI is InChI=1S/C12H18BrClN2O2S/c1-12(2,3)5-10(14)7-16-19(17,18)11-4-9(13)6-15-8-11/h4,6,8,10,16H,5,7H2,1-3H3. The van der Waals surface area contributed by atoms with E-state index in [2.05, 4.69) is 46.4 Å². The van der Waals surface area contributed by atoms with Gasteiger partial charge >= 0.3 is 0 Å². The Kier molecular flexibility index (Phi) is 5.79. The molecule has 0 saturated carbocycles. The van der Waals surface area contributed by atoms with Gasteiger partial charge in [0.25, 0.3) is 0 Å². The van der Waals surface area contributed by atoms with Crippen LogP contribution in [0.1, 0.15) is 27.2 Å². The van der Waals surface area contributed by atoms with Crippen LogP contribution in [0.2, 0.25) is 0 Å². The van der Waals surface area contributed by atoms with Crippen molar-refractivity contribution < 1.29 is 8.42 Å². The van der Waals surface area contributed by atoms with Crippen LogP contribution < -0.4 is 4.72 Å². The summed E-state index contributed by atoms with van der Waals surface area (Å²) in [4.78, 5) is 3.96. The lowest BCUT2D eigenvalue weighted by molar-refractivity contribution is 0.369. The molecular weight excluding hydrogens is 352 g/mol. The second-order valence-corrected chi connectivity index (χ2v) is 8.85. The third-order valence-electron chi connectivity index (χ3n) is 2.32. The number of rotatable bonds is 5. The van der Waals surface area contributed by atoms with Crippen molar-refractivity contribution in [3.8, 4) is 0 Å². The van der Waals surface area contributed by atoms with Crippen molar-refractivity contribution in [3.63, 3.8) is 0 Å². The Hall–Kier alpha value is -0.170.